The number of anilines is 4. The Kier molecular flexibility index (Phi) is 27.6. The number of aromatic nitrogens is 12. The van der Waals surface area contributed by atoms with Crippen molar-refractivity contribution in [2.45, 2.75) is 169 Å². The number of nitrogens with zero attached hydrogens (tertiary/aromatic N) is 12. The van der Waals surface area contributed by atoms with Gasteiger partial charge in [0, 0.05) is 133 Å². The number of H-pyrrole nitrogens is 4. The van der Waals surface area contributed by atoms with E-state index in [1.165, 1.54) is 90.2 Å². The van der Waals surface area contributed by atoms with Crippen LogP contribution in [0.15, 0.2) is 110 Å². The Morgan fingerprint density at radius 1 is 0.529 bits per heavy atom. The average molecular weight is 1400 g/mol. The van der Waals surface area contributed by atoms with E-state index >= 15 is 0 Å². The van der Waals surface area contributed by atoms with E-state index in [2.05, 4.69) is 122 Å². The third-order valence-corrected chi connectivity index (χ3v) is 19.0. The van der Waals surface area contributed by atoms with Crippen LogP contribution in [0.2, 0.25) is 0 Å². The molecule has 12 heterocycles. The fourth-order valence-electron chi connectivity index (χ4n) is 13.3. The Morgan fingerprint density at radius 2 is 1.02 bits per heavy atom. The summed E-state index contributed by atoms with van der Waals surface area (Å²) in [7, 11) is 0. The van der Waals surface area contributed by atoms with E-state index in [1.807, 2.05) is 80.7 Å². The zero-order chi connectivity index (χ0) is 71.8. The molecule has 102 heavy (non-hydrogen) atoms. The van der Waals surface area contributed by atoms with Gasteiger partial charge in [-0.1, -0.05) is 18.6 Å². The molecule has 1 aromatic carbocycles. The highest BCUT2D eigenvalue weighted by Gasteiger charge is 2.29. The summed E-state index contributed by atoms with van der Waals surface area (Å²) in [6, 6.07) is 25.9. The smallest absolute Gasteiger partial charge is 0.287 e. The van der Waals surface area contributed by atoms with E-state index in [9.17, 15) is 28.0 Å². The molecule has 0 spiro atoms. The number of aryl methyl sites for hydroxylation is 3. The first-order chi connectivity index (χ1) is 49.3. The minimum absolute atomic E-state index is 0.0179. The van der Waals surface area contributed by atoms with Gasteiger partial charge >= 0.3 is 0 Å². The van der Waals surface area contributed by atoms with Gasteiger partial charge in [-0.3, -0.25) is 59.5 Å². The molecule has 9 aromatic rings. The van der Waals surface area contributed by atoms with Gasteiger partial charge in [0.05, 0.1) is 28.3 Å². The normalized spacial score (nSPS) is 16.1. The largest absolute Gasteiger partial charge is 0.309 e. The maximum absolute atomic E-state index is 13.5. The molecule has 0 bridgehead atoms. The molecule has 4 aliphatic rings. The van der Waals surface area contributed by atoms with Crippen LogP contribution in [0.4, 0.5) is 32.1 Å². The van der Waals surface area contributed by atoms with Gasteiger partial charge in [-0.05, 0) is 231 Å². The van der Waals surface area contributed by atoms with Crippen molar-refractivity contribution in [2.24, 2.45) is 0 Å². The maximum atomic E-state index is 13.5. The Balaban J connectivity index is 0.000000147. The number of piperidine rings is 1. The maximum Gasteiger partial charge on any atom is 0.287 e. The first-order valence-corrected chi connectivity index (χ1v) is 36.2. The van der Waals surface area contributed by atoms with E-state index in [0.29, 0.717) is 77.9 Å². The second-order valence-corrected chi connectivity index (χ2v) is 27.4. The molecular weight excluding hydrogens is 1290 g/mol. The highest BCUT2D eigenvalue weighted by atomic mass is 19.3. The van der Waals surface area contributed by atoms with Crippen molar-refractivity contribution >= 4 is 57.8 Å². The van der Waals surface area contributed by atoms with Gasteiger partial charge in [0.1, 0.15) is 5.69 Å². The van der Waals surface area contributed by atoms with Crippen LogP contribution >= 0.6 is 0 Å². The second kappa shape index (κ2) is 37.4. The molecule has 8 N–H and O–H groups in total. The molecular formula is C76H100F2N20O4. The highest BCUT2D eigenvalue weighted by Crippen LogP contribution is 2.31. The molecule has 8 aromatic heterocycles. The van der Waals surface area contributed by atoms with Crippen molar-refractivity contribution in [3.63, 3.8) is 0 Å². The molecule has 0 aliphatic carbocycles. The average Bonchev–Trinajstić information content (AvgIpc) is 1.33. The molecule has 13 rings (SSSR count). The number of hydrogen-bond donors (Lipinski definition) is 8. The summed E-state index contributed by atoms with van der Waals surface area (Å²) in [6.07, 6.45) is 25.5. The minimum atomic E-state index is -2.98. The Bertz CT molecular complexity index is 4130. The van der Waals surface area contributed by atoms with Crippen LogP contribution in [0.3, 0.4) is 0 Å². The van der Waals surface area contributed by atoms with Gasteiger partial charge in [0.2, 0.25) is 23.6 Å². The zero-order valence-corrected chi connectivity index (χ0v) is 59.9. The number of nitrogens with one attached hydrogen (secondary N) is 8. The van der Waals surface area contributed by atoms with Crippen molar-refractivity contribution in [1.29, 1.82) is 0 Å². The second-order valence-electron chi connectivity index (χ2n) is 27.4. The van der Waals surface area contributed by atoms with Crippen molar-refractivity contribution in [3.05, 3.63) is 132 Å². The summed E-state index contributed by atoms with van der Waals surface area (Å²) in [5.41, 5.74) is 9.96. The van der Waals surface area contributed by atoms with Crippen molar-refractivity contribution < 1.29 is 28.0 Å². The number of rotatable bonds is 25. The molecule has 4 aliphatic heterocycles. The van der Waals surface area contributed by atoms with E-state index < -0.39 is 5.92 Å². The van der Waals surface area contributed by atoms with Gasteiger partial charge in [0.15, 0.2) is 23.3 Å². The lowest BCUT2D eigenvalue weighted by Gasteiger charge is -2.33. The Morgan fingerprint density at radius 3 is 1.54 bits per heavy atom. The quantitative estimate of drug-likeness (QED) is 0.0264. The minimum Gasteiger partial charge on any atom is -0.309 e. The van der Waals surface area contributed by atoms with Crippen molar-refractivity contribution in [2.75, 3.05) is 86.7 Å². The third kappa shape index (κ3) is 23.3. The first kappa shape index (κ1) is 75.2. The van der Waals surface area contributed by atoms with Crippen LogP contribution in [-0.2, 0) is 25.1 Å². The summed E-state index contributed by atoms with van der Waals surface area (Å²) in [5.74, 6) is -0.908. The summed E-state index contributed by atoms with van der Waals surface area (Å²) in [4.78, 5) is 74.9. The van der Waals surface area contributed by atoms with Crippen molar-refractivity contribution in [3.8, 4) is 45.0 Å². The number of carbonyl (C=O) groups excluding carboxylic acids is 4. The summed E-state index contributed by atoms with van der Waals surface area (Å²) >= 11 is 0. The number of fused-ring (bicyclic) bond motifs is 1. The van der Waals surface area contributed by atoms with Gasteiger partial charge in [0.25, 0.3) is 5.92 Å². The fraction of sp³-hybridized carbons (Fsp3) is 0.474. The molecule has 24 nitrogen and oxygen atoms in total. The van der Waals surface area contributed by atoms with Crippen LogP contribution in [0.25, 0.3) is 55.9 Å². The van der Waals surface area contributed by atoms with Gasteiger partial charge < -0.3 is 40.9 Å². The van der Waals surface area contributed by atoms with Crippen LogP contribution in [0.5, 0.6) is 0 Å². The molecule has 1 unspecified atom stereocenters. The summed E-state index contributed by atoms with van der Waals surface area (Å²) in [6.45, 7) is 21.9. The molecule has 4 fully saturated rings. The number of alkyl halides is 2. The Hall–Kier alpha value is -9.50. The molecule has 26 heteroatoms. The predicted octanol–water partition coefficient (Wildman–Crippen LogP) is 13.5. The van der Waals surface area contributed by atoms with Crippen LogP contribution in [-0.4, -0.2) is 181 Å². The third-order valence-electron chi connectivity index (χ3n) is 19.0. The lowest BCUT2D eigenvalue weighted by Crippen LogP contribution is -2.38. The van der Waals surface area contributed by atoms with E-state index in [0.717, 1.165) is 128 Å². The van der Waals surface area contributed by atoms with E-state index in [4.69, 9.17) is 0 Å². The molecule has 4 amide bonds. The number of pyridine rings is 4. The standard InChI is InChI=1S/C22H27N5O.C20H27F2N5O.2C17H23N5O/c1-16-6-2-3-12-27(16)13-5-8-22(28)24-21-15-20(25-26-21)18-9-10-19-17(14-18)7-4-11-23-19;1-13-10-15(12-23-19(13)20(3,21)22)16-11-17(26-25-16)24-18(28)7-6-14(2)27-8-4-5-9-27;1-13-6-7-14(12-18-13)15-11-16(21-20-15)19-17(23)5-4-10-22-8-2-3-9-22;1-13-9-14(12-18-11-13)15-10-16(21-20-15)19-17(23)5-4-8-22-6-2-3-7-22/h4,7,9-11,14-16H,2-3,5-6,8,12-13H2,1H3,(H2,24,25,26,28);10-12,14H,4-9H2,1-3H3,(H2,24,25,26,28);6-7,11-12H,2-5,8-10H2,1H3,(H2,19,20,21,23);9-12H,2-8H2,1H3,(H2,19,20,21,23)/t16-;;;/m0.../s1. The Labute approximate surface area is 596 Å². The fourth-order valence-corrected chi connectivity index (χ4v) is 13.3. The van der Waals surface area contributed by atoms with Crippen LogP contribution in [0, 0.1) is 20.8 Å². The number of benzene rings is 1. The summed E-state index contributed by atoms with van der Waals surface area (Å²) in [5, 5.41) is 40.8. The first-order valence-electron chi connectivity index (χ1n) is 36.2. The molecule has 0 saturated carbocycles. The SMILES string of the molecule is C[C@H]1CCCCN1CCCC(=O)Nc1cc(-c2ccc3ncccc3c2)[nH]n1.Cc1cc(-c2cc(NC(=O)CCC(C)N3CCCC3)n[nH]2)cnc1C(C)(F)F.Cc1ccc(-c2cc(NC(=O)CCCN3CCCC3)n[nH]2)cn1.Cc1cncc(-c2cc(NC(=O)CCCN3CCCC3)n[nH]2)c1. The number of likely N-dealkylation sites (tertiary alicyclic amines) is 4. The van der Waals surface area contributed by atoms with Crippen LogP contribution < -0.4 is 21.3 Å². The highest BCUT2D eigenvalue weighted by molar-refractivity contribution is 5.92. The molecule has 2 atom stereocenters. The van der Waals surface area contributed by atoms with Crippen LogP contribution in [0.1, 0.15) is 152 Å². The number of amides is 4. The van der Waals surface area contributed by atoms with Gasteiger partial charge in [-0.25, -0.2) is 0 Å². The van der Waals surface area contributed by atoms with E-state index in [-0.39, 0.29) is 29.3 Å². The van der Waals surface area contributed by atoms with E-state index in [1.54, 1.807) is 37.6 Å². The predicted molar refractivity (Wildman–Crippen MR) is 397 cm³/mol. The topological polar surface area (TPSA) is 296 Å². The molecule has 0 radical (unpaired) electrons. The number of halogens is 2. The monoisotopic (exact) mass is 1390 g/mol. The van der Waals surface area contributed by atoms with Gasteiger partial charge in [-0.15, -0.1) is 0 Å². The number of carbonyl (C=O) groups is 4. The molecule has 4 saturated heterocycles. The zero-order valence-electron chi connectivity index (χ0n) is 59.9. The van der Waals surface area contributed by atoms with Crippen molar-refractivity contribution in [1.82, 2.24) is 80.3 Å². The number of aromatic amines is 4. The lowest BCUT2D eigenvalue weighted by atomic mass is 10.0. The van der Waals surface area contributed by atoms with Gasteiger partial charge in [-0.2, -0.15) is 29.2 Å². The molecule has 542 valence electrons. The number of hydrogen-bond acceptors (Lipinski definition) is 16. The lowest BCUT2D eigenvalue weighted by molar-refractivity contribution is -0.117. The summed E-state index contributed by atoms with van der Waals surface area (Å²) < 4.78 is 27.0.